The SMILES string of the molecule is CCCn1nc(C(=O)Nc2cc([N+](=O)[O-])ccc2F)ccc1=O. The number of amides is 1. The lowest BCUT2D eigenvalue weighted by atomic mass is 10.2. The molecule has 0 aliphatic rings. The average molecular weight is 320 g/mol. The molecule has 0 bridgehead atoms. The first kappa shape index (κ1) is 16.3. The number of nitrogens with one attached hydrogen (secondary N) is 1. The molecule has 0 fully saturated rings. The molecule has 9 heteroatoms. The molecular weight excluding hydrogens is 307 g/mol. The Hall–Kier alpha value is -3.10. The monoisotopic (exact) mass is 320 g/mol. The maximum atomic E-state index is 13.7. The van der Waals surface area contributed by atoms with Gasteiger partial charge in [-0.3, -0.25) is 19.7 Å². The summed E-state index contributed by atoms with van der Waals surface area (Å²) in [4.78, 5) is 33.6. The number of halogens is 1. The van der Waals surface area contributed by atoms with Crippen LogP contribution in [0.1, 0.15) is 23.8 Å². The molecule has 1 N–H and O–H groups in total. The van der Waals surface area contributed by atoms with E-state index in [2.05, 4.69) is 10.4 Å². The first-order chi connectivity index (χ1) is 10.9. The zero-order valence-electron chi connectivity index (χ0n) is 12.2. The number of nitro benzene ring substituents is 1. The van der Waals surface area contributed by atoms with Crippen molar-refractivity contribution in [3.8, 4) is 0 Å². The molecule has 1 aromatic heterocycles. The largest absolute Gasteiger partial charge is 0.318 e. The Labute approximate surface area is 129 Å². The van der Waals surface area contributed by atoms with Gasteiger partial charge in [-0.2, -0.15) is 5.10 Å². The second-order valence-corrected chi connectivity index (χ2v) is 4.66. The zero-order valence-corrected chi connectivity index (χ0v) is 12.2. The highest BCUT2D eigenvalue weighted by Gasteiger charge is 2.15. The Morgan fingerprint density at radius 1 is 1.39 bits per heavy atom. The molecule has 2 aromatic rings. The van der Waals surface area contributed by atoms with E-state index >= 15 is 0 Å². The molecule has 0 aliphatic heterocycles. The number of carbonyl (C=O) groups is 1. The van der Waals surface area contributed by atoms with Gasteiger partial charge in [0.2, 0.25) is 0 Å². The van der Waals surface area contributed by atoms with Crippen molar-refractivity contribution in [3.05, 3.63) is 62.3 Å². The average Bonchev–Trinajstić information content (AvgIpc) is 2.51. The Morgan fingerprint density at radius 3 is 2.78 bits per heavy atom. The maximum absolute atomic E-state index is 13.7. The summed E-state index contributed by atoms with van der Waals surface area (Å²) in [5.74, 6) is -1.58. The van der Waals surface area contributed by atoms with Crippen molar-refractivity contribution in [1.29, 1.82) is 0 Å². The number of aromatic nitrogens is 2. The lowest BCUT2D eigenvalue weighted by Crippen LogP contribution is -2.26. The fourth-order valence-electron chi connectivity index (χ4n) is 1.85. The Balaban J connectivity index is 2.29. The maximum Gasteiger partial charge on any atom is 0.276 e. The van der Waals surface area contributed by atoms with Crippen LogP contribution in [0.4, 0.5) is 15.8 Å². The predicted octanol–water partition coefficient (Wildman–Crippen LogP) is 1.95. The molecule has 23 heavy (non-hydrogen) atoms. The van der Waals surface area contributed by atoms with Gasteiger partial charge in [0.15, 0.2) is 0 Å². The quantitative estimate of drug-likeness (QED) is 0.669. The van der Waals surface area contributed by atoms with E-state index in [4.69, 9.17) is 0 Å². The number of hydrogen-bond acceptors (Lipinski definition) is 5. The van der Waals surface area contributed by atoms with Gasteiger partial charge in [-0.25, -0.2) is 9.07 Å². The number of carbonyl (C=O) groups excluding carboxylic acids is 1. The fraction of sp³-hybridized carbons (Fsp3) is 0.214. The molecule has 2 rings (SSSR count). The highest BCUT2D eigenvalue weighted by molar-refractivity contribution is 6.02. The standard InChI is InChI=1S/C14H13FN4O4/c1-2-7-18-13(20)6-5-11(17-18)14(21)16-12-8-9(19(22)23)3-4-10(12)15/h3-6,8H,2,7H2,1H3,(H,16,21). The highest BCUT2D eigenvalue weighted by Crippen LogP contribution is 2.21. The van der Waals surface area contributed by atoms with E-state index in [9.17, 15) is 24.1 Å². The van der Waals surface area contributed by atoms with Crippen molar-refractivity contribution >= 4 is 17.3 Å². The van der Waals surface area contributed by atoms with E-state index < -0.39 is 16.6 Å². The second-order valence-electron chi connectivity index (χ2n) is 4.66. The fourth-order valence-corrected chi connectivity index (χ4v) is 1.85. The summed E-state index contributed by atoms with van der Waals surface area (Å²) in [7, 11) is 0. The van der Waals surface area contributed by atoms with E-state index in [0.29, 0.717) is 13.0 Å². The summed E-state index contributed by atoms with van der Waals surface area (Å²) in [5, 5.41) is 16.8. The summed E-state index contributed by atoms with van der Waals surface area (Å²) < 4.78 is 14.8. The molecule has 0 atom stereocenters. The molecule has 0 saturated carbocycles. The molecule has 0 saturated heterocycles. The third-order valence-corrected chi connectivity index (χ3v) is 2.94. The van der Waals surface area contributed by atoms with E-state index in [-0.39, 0.29) is 22.6 Å². The molecule has 1 heterocycles. The molecule has 0 unspecified atom stereocenters. The van der Waals surface area contributed by atoms with Gasteiger partial charge < -0.3 is 5.32 Å². The Bertz CT molecular complexity index is 819. The van der Waals surface area contributed by atoms with Gasteiger partial charge in [0.05, 0.1) is 10.6 Å². The van der Waals surface area contributed by atoms with Crippen LogP contribution in [-0.2, 0) is 6.54 Å². The normalized spacial score (nSPS) is 10.3. The van der Waals surface area contributed by atoms with Crippen molar-refractivity contribution < 1.29 is 14.1 Å². The number of rotatable bonds is 5. The minimum atomic E-state index is -0.814. The van der Waals surface area contributed by atoms with Gasteiger partial charge in [0.1, 0.15) is 11.5 Å². The number of aryl methyl sites for hydroxylation is 1. The van der Waals surface area contributed by atoms with Crippen LogP contribution in [-0.4, -0.2) is 20.6 Å². The first-order valence-electron chi connectivity index (χ1n) is 6.76. The third kappa shape index (κ3) is 3.76. The van der Waals surface area contributed by atoms with Crippen LogP contribution in [0.3, 0.4) is 0 Å². The summed E-state index contributed by atoms with van der Waals surface area (Å²) in [5.41, 5.74) is -1.14. The molecule has 8 nitrogen and oxygen atoms in total. The Kier molecular flexibility index (Phi) is 4.79. The van der Waals surface area contributed by atoms with E-state index in [1.807, 2.05) is 6.92 Å². The zero-order chi connectivity index (χ0) is 17.0. The van der Waals surface area contributed by atoms with Gasteiger partial charge in [-0.1, -0.05) is 6.92 Å². The minimum Gasteiger partial charge on any atom is -0.318 e. The molecule has 0 spiro atoms. The van der Waals surface area contributed by atoms with Crippen LogP contribution in [0, 0.1) is 15.9 Å². The molecule has 0 aliphatic carbocycles. The molecule has 1 amide bonds. The second kappa shape index (κ2) is 6.77. The van der Waals surface area contributed by atoms with Crippen molar-refractivity contribution in [2.75, 3.05) is 5.32 Å². The van der Waals surface area contributed by atoms with Crippen LogP contribution in [0.2, 0.25) is 0 Å². The lowest BCUT2D eigenvalue weighted by Gasteiger charge is -2.07. The number of hydrogen-bond donors (Lipinski definition) is 1. The van der Waals surface area contributed by atoms with Gasteiger partial charge in [0.25, 0.3) is 17.2 Å². The summed E-state index contributed by atoms with van der Waals surface area (Å²) >= 11 is 0. The molecular formula is C14H13FN4O4. The van der Waals surface area contributed by atoms with Crippen LogP contribution >= 0.6 is 0 Å². The van der Waals surface area contributed by atoms with Gasteiger partial charge in [0, 0.05) is 24.7 Å². The van der Waals surface area contributed by atoms with Crippen LogP contribution in [0.15, 0.2) is 35.1 Å². The third-order valence-electron chi connectivity index (χ3n) is 2.94. The number of anilines is 1. The van der Waals surface area contributed by atoms with Gasteiger partial charge >= 0.3 is 0 Å². The van der Waals surface area contributed by atoms with Crippen LogP contribution < -0.4 is 10.9 Å². The molecule has 1 aromatic carbocycles. The van der Waals surface area contributed by atoms with E-state index in [0.717, 1.165) is 22.9 Å². The van der Waals surface area contributed by atoms with Crippen LogP contribution in [0.5, 0.6) is 0 Å². The van der Waals surface area contributed by atoms with Crippen molar-refractivity contribution in [2.45, 2.75) is 19.9 Å². The van der Waals surface area contributed by atoms with Gasteiger partial charge in [-0.05, 0) is 18.6 Å². The van der Waals surface area contributed by atoms with Crippen molar-refractivity contribution in [2.24, 2.45) is 0 Å². The molecule has 120 valence electrons. The predicted molar refractivity (Wildman–Crippen MR) is 79.8 cm³/mol. The van der Waals surface area contributed by atoms with Crippen LogP contribution in [0.25, 0.3) is 0 Å². The smallest absolute Gasteiger partial charge is 0.276 e. The van der Waals surface area contributed by atoms with E-state index in [1.165, 1.54) is 12.1 Å². The number of benzene rings is 1. The minimum absolute atomic E-state index is 0.0936. The Morgan fingerprint density at radius 2 is 2.13 bits per heavy atom. The number of nitro groups is 1. The van der Waals surface area contributed by atoms with Crippen molar-refractivity contribution in [1.82, 2.24) is 9.78 Å². The summed E-state index contributed by atoms with van der Waals surface area (Å²) in [6.45, 7) is 2.18. The number of non-ortho nitro benzene ring substituents is 1. The van der Waals surface area contributed by atoms with Crippen molar-refractivity contribution in [3.63, 3.8) is 0 Å². The number of nitrogens with zero attached hydrogens (tertiary/aromatic N) is 3. The summed E-state index contributed by atoms with van der Waals surface area (Å²) in [6, 6.07) is 5.18. The lowest BCUT2D eigenvalue weighted by molar-refractivity contribution is -0.384. The first-order valence-corrected chi connectivity index (χ1v) is 6.76. The topological polar surface area (TPSA) is 107 Å². The summed E-state index contributed by atoms with van der Waals surface area (Å²) in [6.07, 6.45) is 0.650. The molecule has 0 radical (unpaired) electrons. The van der Waals surface area contributed by atoms with E-state index in [1.54, 1.807) is 0 Å². The van der Waals surface area contributed by atoms with Gasteiger partial charge in [-0.15, -0.1) is 0 Å². The highest BCUT2D eigenvalue weighted by atomic mass is 19.1.